The second-order valence-electron chi connectivity index (χ2n) is 13.3. The molecule has 3 aromatic heterocycles. The van der Waals surface area contributed by atoms with Gasteiger partial charge in [-0.3, -0.25) is 4.90 Å². The van der Waals surface area contributed by atoms with Crippen LogP contribution in [0.2, 0.25) is 0 Å². The summed E-state index contributed by atoms with van der Waals surface area (Å²) >= 11 is 0. The third-order valence-electron chi connectivity index (χ3n) is 9.05. The van der Waals surface area contributed by atoms with Crippen LogP contribution < -0.4 is 10.5 Å². The van der Waals surface area contributed by atoms with Crippen molar-refractivity contribution in [2.75, 3.05) is 12.3 Å². The monoisotopic (exact) mass is 578 g/mol. The molecule has 2 aliphatic rings. The zero-order chi connectivity index (χ0) is 29.9. The van der Waals surface area contributed by atoms with Gasteiger partial charge < -0.3 is 30.9 Å². The first-order valence-electron chi connectivity index (χ1n) is 14.9. The second kappa shape index (κ2) is 10.7. The van der Waals surface area contributed by atoms with Gasteiger partial charge in [-0.1, -0.05) is 31.8 Å². The van der Waals surface area contributed by atoms with Crippen molar-refractivity contribution < 1.29 is 19.7 Å². The smallest absolute Gasteiger partial charge is 0.263 e. The quantitative estimate of drug-likeness (QED) is 0.182. The molecule has 4 atom stereocenters. The van der Waals surface area contributed by atoms with E-state index in [0.29, 0.717) is 23.2 Å². The number of hydrogen-bond acceptors (Lipinski definition) is 9. The molecule has 1 saturated heterocycles. The predicted molar refractivity (Wildman–Crippen MR) is 158 cm³/mol. The van der Waals surface area contributed by atoms with Crippen molar-refractivity contribution in [2.24, 2.45) is 5.92 Å². The van der Waals surface area contributed by atoms with Crippen molar-refractivity contribution in [1.82, 2.24) is 29.4 Å². The third-order valence-corrected chi connectivity index (χ3v) is 9.05. The van der Waals surface area contributed by atoms with Crippen LogP contribution in [-0.2, 0) is 16.6 Å². The first-order chi connectivity index (χ1) is 19.9. The highest BCUT2D eigenvalue weighted by molar-refractivity contribution is 5.79. The average Bonchev–Trinajstić information content (AvgIpc) is 3.60. The number of anilines is 1. The number of nitrogens with two attached hydrogens (primary N) is 1. The number of nitrogen functional groups attached to an aromatic ring is 1. The Hall–Kier alpha value is -3.32. The van der Waals surface area contributed by atoms with E-state index < -0.39 is 24.5 Å². The second-order valence-corrected chi connectivity index (χ2v) is 13.3. The average molecular weight is 579 g/mol. The fourth-order valence-corrected chi connectivity index (χ4v) is 6.46. The van der Waals surface area contributed by atoms with Gasteiger partial charge >= 0.3 is 0 Å². The van der Waals surface area contributed by atoms with Crippen molar-refractivity contribution in [3.63, 3.8) is 0 Å². The standard InChI is InChI=1S/C30H42N8O4/c1-16(2)36(13-22-25(39)26(40)29(42-22)37-14-32-24-27(31)33-15-38(41)28(24)37)19-10-17(11-19)6-9-23-34-20-8-7-18(30(3,4)5)12-21(20)35-23/h7-8,12,14-17,19,22,25-26,29,39-40H,6,9-11,13H2,1-5H3,(H2,31,33)(H,34,35)/t17-,19-,22-,25-,26-,29-/m1/s1. The predicted octanol–water partition coefficient (Wildman–Crippen LogP) is 2.56. The van der Waals surface area contributed by atoms with Gasteiger partial charge in [0.15, 0.2) is 11.8 Å². The number of nitrogens with zero attached hydrogens (tertiary/aromatic N) is 6. The Labute approximate surface area is 245 Å². The first-order valence-corrected chi connectivity index (χ1v) is 14.9. The van der Waals surface area contributed by atoms with Crippen LogP contribution in [-0.4, -0.2) is 76.6 Å². The van der Waals surface area contributed by atoms with Gasteiger partial charge in [0.05, 0.1) is 11.0 Å². The number of H-pyrrole nitrogens is 1. The van der Waals surface area contributed by atoms with Crippen LogP contribution in [0.3, 0.4) is 0 Å². The number of hydrogen-bond donors (Lipinski definition) is 4. The summed E-state index contributed by atoms with van der Waals surface area (Å²) in [5, 5.41) is 34.3. The molecule has 4 aromatic rings. The fourth-order valence-electron chi connectivity index (χ4n) is 6.46. The van der Waals surface area contributed by atoms with Crippen LogP contribution in [0, 0.1) is 11.1 Å². The maximum Gasteiger partial charge on any atom is 0.263 e. The molecule has 42 heavy (non-hydrogen) atoms. The molecule has 6 rings (SSSR count). The van der Waals surface area contributed by atoms with Crippen LogP contribution in [0.5, 0.6) is 0 Å². The number of aliphatic hydroxyl groups is 2. The molecule has 1 aromatic carbocycles. The number of aromatic nitrogens is 6. The zero-order valence-corrected chi connectivity index (χ0v) is 24.9. The molecule has 0 unspecified atom stereocenters. The topological polar surface area (TPSA) is 165 Å². The largest absolute Gasteiger partial charge is 0.740 e. The van der Waals surface area contributed by atoms with Crippen molar-refractivity contribution in [3.8, 4) is 0 Å². The van der Waals surface area contributed by atoms with Crippen LogP contribution >= 0.6 is 0 Å². The summed E-state index contributed by atoms with van der Waals surface area (Å²) in [5.74, 6) is 1.75. The van der Waals surface area contributed by atoms with Gasteiger partial charge in [0.1, 0.15) is 24.1 Å². The lowest BCUT2D eigenvalue weighted by molar-refractivity contribution is -0.584. The molecule has 12 nitrogen and oxygen atoms in total. The lowest BCUT2D eigenvalue weighted by Gasteiger charge is -2.46. The molecular weight excluding hydrogens is 536 g/mol. The van der Waals surface area contributed by atoms with Crippen LogP contribution in [0.1, 0.15) is 71.5 Å². The molecule has 1 aliphatic heterocycles. The number of aryl methyl sites for hydroxylation is 1. The summed E-state index contributed by atoms with van der Waals surface area (Å²) in [6.45, 7) is 11.4. The molecule has 4 heterocycles. The molecule has 0 bridgehead atoms. The Morgan fingerprint density at radius 2 is 1.98 bits per heavy atom. The van der Waals surface area contributed by atoms with Gasteiger partial charge in [-0.25, -0.2) is 19.3 Å². The molecule has 2 fully saturated rings. The minimum Gasteiger partial charge on any atom is -0.740 e. The Morgan fingerprint density at radius 1 is 1.21 bits per heavy atom. The van der Waals surface area contributed by atoms with Crippen molar-refractivity contribution >= 4 is 28.0 Å². The van der Waals surface area contributed by atoms with Crippen LogP contribution in [0.15, 0.2) is 30.9 Å². The minimum absolute atomic E-state index is 0.0920. The Kier molecular flexibility index (Phi) is 7.37. The summed E-state index contributed by atoms with van der Waals surface area (Å²) in [7, 11) is 0. The Balaban J connectivity index is 1.07. The molecular formula is C30H42N8O4. The molecule has 1 aliphatic carbocycles. The minimum atomic E-state index is -1.23. The number of rotatable bonds is 8. The zero-order valence-electron chi connectivity index (χ0n) is 24.9. The highest BCUT2D eigenvalue weighted by atomic mass is 16.6. The third kappa shape index (κ3) is 5.21. The molecule has 1 saturated carbocycles. The fraction of sp³-hybridized carbons (Fsp3) is 0.600. The highest BCUT2D eigenvalue weighted by Gasteiger charge is 2.48. The van der Waals surface area contributed by atoms with E-state index in [1.165, 1.54) is 16.5 Å². The van der Waals surface area contributed by atoms with E-state index in [2.05, 4.69) is 72.7 Å². The van der Waals surface area contributed by atoms with Crippen molar-refractivity contribution in [2.45, 2.75) is 102 Å². The first kappa shape index (κ1) is 28.8. The van der Waals surface area contributed by atoms with Gasteiger partial charge in [0.2, 0.25) is 18.4 Å². The van der Waals surface area contributed by atoms with Gasteiger partial charge in [0, 0.05) is 25.0 Å². The van der Waals surface area contributed by atoms with Crippen molar-refractivity contribution in [3.05, 3.63) is 47.4 Å². The number of aromatic amines is 1. The lowest BCUT2D eigenvalue weighted by atomic mass is 9.76. The lowest BCUT2D eigenvalue weighted by Crippen LogP contribution is -2.52. The number of benzene rings is 1. The summed E-state index contributed by atoms with van der Waals surface area (Å²) < 4.78 is 8.14. The number of nitrogens with one attached hydrogen (secondary N) is 1. The molecule has 0 spiro atoms. The van der Waals surface area contributed by atoms with E-state index >= 15 is 0 Å². The van der Waals surface area contributed by atoms with Gasteiger partial charge in [-0.15, -0.1) is 0 Å². The van der Waals surface area contributed by atoms with E-state index in [-0.39, 0.29) is 28.4 Å². The van der Waals surface area contributed by atoms with E-state index in [4.69, 9.17) is 15.5 Å². The summed E-state index contributed by atoms with van der Waals surface area (Å²) in [5.41, 5.74) is 9.72. The van der Waals surface area contributed by atoms with Gasteiger partial charge in [-0.05, 0) is 62.1 Å². The van der Waals surface area contributed by atoms with E-state index in [1.807, 2.05) is 0 Å². The number of ether oxygens (including phenoxy) is 1. The SMILES string of the molecule is CC(C)N(C[C@H]1O[C@@H](n2cnc3c(N)nc[n+]([O-])c32)[C@H](O)[C@@H]1O)[C@H]1C[C@H](CCc2nc3cc(C(C)(C)C)ccc3[nH]2)C1. The van der Waals surface area contributed by atoms with Crippen molar-refractivity contribution in [1.29, 1.82) is 0 Å². The van der Waals surface area contributed by atoms with E-state index in [0.717, 1.165) is 48.9 Å². The summed E-state index contributed by atoms with van der Waals surface area (Å²) in [6.07, 6.45) is 2.61. The number of aliphatic hydroxyl groups excluding tert-OH is 2. The Bertz CT molecular complexity index is 1570. The molecule has 0 amide bonds. The normalized spacial score (nSPS) is 26.6. The molecule has 226 valence electrons. The molecule has 0 radical (unpaired) electrons. The maximum absolute atomic E-state index is 12.4. The maximum atomic E-state index is 12.4. The van der Waals surface area contributed by atoms with E-state index in [1.54, 1.807) is 0 Å². The van der Waals surface area contributed by atoms with Gasteiger partial charge in [-0.2, -0.15) is 0 Å². The summed E-state index contributed by atoms with van der Waals surface area (Å²) in [4.78, 5) is 18.7. The Morgan fingerprint density at radius 3 is 2.69 bits per heavy atom. The number of imidazole rings is 2. The molecule has 5 N–H and O–H groups in total. The summed E-state index contributed by atoms with van der Waals surface area (Å²) in [6, 6.07) is 7.11. The van der Waals surface area contributed by atoms with Gasteiger partial charge in [0.25, 0.3) is 5.65 Å². The highest BCUT2D eigenvalue weighted by Crippen LogP contribution is 2.38. The number of fused-ring (bicyclic) bond motifs is 2. The van der Waals surface area contributed by atoms with E-state index in [9.17, 15) is 15.4 Å². The van der Waals surface area contributed by atoms with Crippen LogP contribution in [0.4, 0.5) is 5.82 Å². The molecule has 12 heteroatoms. The van der Waals surface area contributed by atoms with Crippen LogP contribution in [0.25, 0.3) is 22.2 Å².